The number of benzene rings is 1. The zero-order chi connectivity index (χ0) is 15.5. The monoisotopic (exact) mass is 386 g/mol. The first-order valence-electron chi connectivity index (χ1n) is 6.12. The number of hydrogen-bond donors (Lipinski definition) is 1. The van der Waals surface area contributed by atoms with Gasteiger partial charge >= 0.3 is 0 Å². The van der Waals surface area contributed by atoms with E-state index in [1.54, 1.807) is 0 Å². The smallest absolute Gasteiger partial charge is 0.245 e. The van der Waals surface area contributed by atoms with Gasteiger partial charge in [0.25, 0.3) is 0 Å². The van der Waals surface area contributed by atoms with E-state index in [0.29, 0.717) is 13.0 Å². The zero-order valence-corrected chi connectivity index (χ0v) is 14.4. The van der Waals surface area contributed by atoms with Gasteiger partial charge in [-0.15, -0.1) is 0 Å². The Morgan fingerprint density at radius 3 is 2.60 bits per heavy atom. The molecule has 8 heteroatoms. The third-order valence-electron chi connectivity index (χ3n) is 2.92. The summed E-state index contributed by atoms with van der Waals surface area (Å²) >= 11 is 8.87. The Kier molecular flexibility index (Phi) is 6.25. The van der Waals surface area contributed by atoms with Crippen LogP contribution in [0.4, 0.5) is 10.1 Å². The topological polar surface area (TPSA) is 63.4 Å². The summed E-state index contributed by atoms with van der Waals surface area (Å²) in [6, 6.07) is 1.07. The van der Waals surface area contributed by atoms with Crippen molar-refractivity contribution in [3.05, 3.63) is 21.4 Å². The fourth-order valence-corrected chi connectivity index (χ4v) is 3.53. The van der Waals surface area contributed by atoms with Gasteiger partial charge in [0.1, 0.15) is 4.90 Å². The van der Waals surface area contributed by atoms with Crippen molar-refractivity contribution in [3.8, 4) is 0 Å². The number of sulfonamides is 1. The van der Waals surface area contributed by atoms with Gasteiger partial charge in [-0.2, -0.15) is 0 Å². The summed E-state index contributed by atoms with van der Waals surface area (Å²) < 4.78 is 40.0. The molecule has 0 aliphatic carbocycles. The van der Waals surface area contributed by atoms with Gasteiger partial charge in [0, 0.05) is 13.6 Å². The molecule has 0 atom stereocenters. The van der Waals surface area contributed by atoms with Crippen LogP contribution in [0.25, 0.3) is 0 Å². The van der Waals surface area contributed by atoms with Crippen molar-refractivity contribution in [1.29, 1.82) is 0 Å². The third-order valence-corrected chi connectivity index (χ3v) is 6.16. The Hall–Kier alpha value is -0.370. The second kappa shape index (κ2) is 7.06. The van der Waals surface area contributed by atoms with E-state index in [1.165, 1.54) is 7.05 Å². The van der Waals surface area contributed by atoms with Crippen molar-refractivity contribution < 1.29 is 12.8 Å². The molecule has 0 heterocycles. The van der Waals surface area contributed by atoms with E-state index < -0.39 is 20.7 Å². The average molecular weight is 388 g/mol. The molecule has 114 valence electrons. The Morgan fingerprint density at radius 1 is 1.45 bits per heavy atom. The summed E-state index contributed by atoms with van der Waals surface area (Å²) in [4.78, 5) is -0.498. The third kappa shape index (κ3) is 3.63. The van der Waals surface area contributed by atoms with E-state index in [-0.39, 0.29) is 15.2 Å². The van der Waals surface area contributed by atoms with E-state index in [9.17, 15) is 12.8 Å². The number of nitrogens with zero attached hydrogens (tertiary/aromatic N) is 1. The number of rotatable bonds is 6. The highest BCUT2D eigenvalue weighted by Gasteiger charge is 2.27. The molecule has 0 saturated carbocycles. The molecule has 0 fully saturated rings. The minimum atomic E-state index is -3.94. The lowest BCUT2D eigenvalue weighted by Crippen LogP contribution is -2.29. The van der Waals surface area contributed by atoms with Crippen LogP contribution in [-0.4, -0.2) is 26.3 Å². The van der Waals surface area contributed by atoms with Gasteiger partial charge in [0.15, 0.2) is 5.82 Å². The molecule has 20 heavy (non-hydrogen) atoms. The summed E-state index contributed by atoms with van der Waals surface area (Å²) in [5.41, 5.74) is 5.21. The molecule has 0 aliphatic rings. The maximum absolute atomic E-state index is 14.1. The Morgan fingerprint density at radius 2 is 2.05 bits per heavy atom. The van der Waals surface area contributed by atoms with Crippen molar-refractivity contribution in [1.82, 2.24) is 4.31 Å². The van der Waals surface area contributed by atoms with Crippen molar-refractivity contribution in [2.45, 2.75) is 31.1 Å². The van der Waals surface area contributed by atoms with Crippen LogP contribution in [0.15, 0.2) is 15.4 Å². The van der Waals surface area contributed by atoms with Gasteiger partial charge in [0.2, 0.25) is 10.0 Å². The second-order valence-corrected chi connectivity index (χ2v) is 7.65. The molecule has 1 rings (SSSR count). The summed E-state index contributed by atoms with van der Waals surface area (Å²) in [6.45, 7) is 2.34. The molecule has 2 N–H and O–H groups in total. The first kappa shape index (κ1) is 17.7. The van der Waals surface area contributed by atoms with Gasteiger partial charge < -0.3 is 5.73 Å². The normalized spacial score (nSPS) is 12.1. The summed E-state index contributed by atoms with van der Waals surface area (Å²) in [5, 5.41) is 0.0597. The molecule has 0 radical (unpaired) electrons. The van der Waals surface area contributed by atoms with Crippen molar-refractivity contribution in [2.24, 2.45) is 0 Å². The van der Waals surface area contributed by atoms with Crippen molar-refractivity contribution >= 4 is 43.2 Å². The fourth-order valence-electron chi connectivity index (χ4n) is 1.66. The lowest BCUT2D eigenvalue weighted by atomic mass is 10.2. The van der Waals surface area contributed by atoms with Crippen LogP contribution in [-0.2, 0) is 10.0 Å². The lowest BCUT2D eigenvalue weighted by Gasteiger charge is -2.18. The predicted molar refractivity (Wildman–Crippen MR) is 82.9 cm³/mol. The van der Waals surface area contributed by atoms with E-state index in [4.69, 9.17) is 17.3 Å². The Balaban J connectivity index is 3.16. The fraction of sp³-hybridized carbons (Fsp3) is 0.500. The van der Waals surface area contributed by atoms with Crippen LogP contribution in [0.1, 0.15) is 26.2 Å². The van der Waals surface area contributed by atoms with E-state index >= 15 is 0 Å². The molecule has 0 aliphatic heterocycles. The standard InChI is InChI=1S/C12H17BrClFN2O2S/c1-3-4-5-6-17(2)20(18,19)9-7-8(14)10(13)12(16)11(9)15/h7H,3-6,16H2,1-2H3. The maximum Gasteiger partial charge on any atom is 0.245 e. The molecule has 1 aromatic rings. The highest BCUT2D eigenvalue weighted by molar-refractivity contribution is 9.10. The first-order valence-corrected chi connectivity index (χ1v) is 8.73. The maximum atomic E-state index is 14.1. The average Bonchev–Trinajstić information content (AvgIpc) is 2.40. The quantitative estimate of drug-likeness (QED) is 0.460. The molecular weight excluding hydrogens is 371 g/mol. The van der Waals surface area contributed by atoms with E-state index in [1.807, 2.05) is 6.92 Å². The highest BCUT2D eigenvalue weighted by Crippen LogP contribution is 2.35. The van der Waals surface area contributed by atoms with Crippen LogP contribution >= 0.6 is 27.5 Å². The zero-order valence-electron chi connectivity index (χ0n) is 11.3. The van der Waals surface area contributed by atoms with Crippen LogP contribution in [0.3, 0.4) is 0 Å². The highest BCUT2D eigenvalue weighted by atomic mass is 79.9. The molecule has 0 spiro atoms. The Labute approximate surface area is 132 Å². The summed E-state index contributed by atoms with van der Waals surface area (Å²) in [7, 11) is -2.53. The number of nitrogens with two attached hydrogens (primary N) is 1. The molecule has 1 aromatic carbocycles. The second-order valence-electron chi connectivity index (χ2n) is 4.43. The Bertz CT molecular complexity index is 596. The van der Waals surface area contributed by atoms with Crippen LogP contribution in [0.5, 0.6) is 0 Å². The largest absolute Gasteiger partial charge is 0.395 e. The first-order chi connectivity index (χ1) is 9.23. The van der Waals surface area contributed by atoms with Crippen molar-refractivity contribution in [3.63, 3.8) is 0 Å². The van der Waals surface area contributed by atoms with Gasteiger partial charge in [0.05, 0.1) is 15.2 Å². The van der Waals surface area contributed by atoms with Crippen LogP contribution < -0.4 is 5.73 Å². The van der Waals surface area contributed by atoms with Gasteiger partial charge in [-0.1, -0.05) is 31.4 Å². The summed E-state index contributed by atoms with van der Waals surface area (Å²) in [5.74, 6) is -0.983. The van der Waals surface area contributed by atoms with E-state index in [2.05, 4.69) is 15.9 Å². The lowest BCUT2D eigenvalue weighted by molar-refractivity contribution is 0.449. The molecular formula is C12H17BrClFN2O2S. The van der Waals surface area contributed by atoms with E-state index in [0.717, 1.165) is 23.2 Å². The predicted octanol–water partition coefficient (Wildman–Crippen LogP) is 3.63. The molecule has 0 amide bonds. The summed E-state index contributed by atoms with van der Waals surface area (Å²) in [6.07, 6.45) is 2.60. The molecule has 4 nitrogen and oxygen atoms in total. The number of nitrogen functional groups attached to an aromatic ring is 1. The van der Waals surface area contributed by atoms with Crippen molar-refractivity contribution in [2.75, 3.05) is 19.3 Å². The minimum Gasteiger partial charge on any atom is -0.395 e. The number of halogens is 3. The molecule has 0 unspecified atom stereocenters. The number of hydrogen-bond acceptors (Lipinski definition) is 3. The number of anilines is 1. The molecule has 0 aromatic heterocycles. The molecule has 0 saturated heterocycles. The van der Waals surface area contributed by atoms with Crippen LogP contribution in [0, 0.1) is 5.82 Å². The minimum absolute atomic E-state index is 0.0597. The molecule has 0 bridgehead atoms. The van der Waals surface area contributed by atoms with Gasteiger partial charge in [-0.25, -0.2) is 17.1 Å². The number of unbranched alkanes of at least 4 members (excludes halogenated alkanes) is 2. The van der Waals surface area contributed by atoms with Crippen LogP contribution in [0.2, 0.25) is 5.02 Å². The van der Waals surface area contributed by atoms with Gasteiger partial charge in [-0.3, -0.25) is 0 Å². The van der Waals surface area contributed by atoms with Gasteiger partial charge in [-0.05, 0) is 28.4 Å². The SMILES string of the molecule is CCCCCN(C)S(=O)(=O)c1cc(Cl)c(Br)c(N)c1F.